The molecule has 1 aromatic rings. The molecular formula is C11H13N3O3. The Labute approximate surface area is 98.5 Å². The maximum atomic E-state index is 11.4. The minimum absolute atomic E-state index is 0.336. The molecule has 1 rings (SSSR count). The van der Waals surface area contributed by atoms with Gasteiger partial charge in [0.25, 0.3) is 0 Å². The number of amides is 2. The first-order chi connectivity index (χ1) is 8.19. The lowest BCUT2D eigenvalue weighted by Gasteiger charge is -2.13. The van der Waals surface area contributed by atoms with Crippen LogP contribution >= 0.6 is 0 Å². The lowest BCUT2D eigenvalue weighted by molar-refractivity contribution is 0.172. The average Bonchev–Trinajstić information content (AvgIpc) is 2.37. The van der Waals surface area contributed by atoms with Gasteiger partial charge < -0.3 is 20.8 Å². The van der Waals surface area contributed by atoms with Gasteiger partial charge in [-0.3, -0.25) is 0 Å². The first-order valence-electron chi connectivity index (χ1n) is 4.99. The van der Waals surface area contributed by atoms with E-state index in [1.165, 1.54) is 0 Å². The topological polar surface area (TPSA) is 105 Å². The predicted octanol–water partition coefficient (Wildman–Crippen LogP) is 0.0330. The summed E-state index contributed by atoms with van der Waals surface area (Å²) < 4.78 is 0. The molecule has 90 valence electrons. The van der Waals surface area contributed by atoms with Crippen molar-refractivity contribution in [1.29, 1.82) is 5.26 Å². The van der Waals surface area contributed by atoms with Gasteiger partial charge in [-0.15, -0.1) is 0 Å². The highest BCUT2D eigenvalue weighted by molar-refractivity contribution is 5.89. The fourth-order valence-corrected chi connectivity index (χ4v) is 1.13. The Morgan fingerprint density at radius 2 is 1.88 bits per heavy atom. The van der Waals surface area contributed by atoms with Crippen molar-refractivity contribution in [3.63, 3.8) is 0 Å². The Kier molecular flexibility index (Phi) is 4.94. The number of anilines is 1. The van der Waals surface area contributed by atoms with Gasteiger partial charge in [-0.2, -0.15) is 5.26 Å². The van der Waals surface area contributed by atoms with E-state index in [1.54, 1.807) is 24.3 Å². The molecule has 2 amide bonds. The molecule has 0 saturated heterocycles. The van der Waals surface area contributed by atoms with Crippen molar-refractivity contribution in [2.75, 3.05) is 18.5 Å². The Morgan fingerprint density at radius 3 is 2.35 bits per heavy atom. The van der Waals surface area contributed by atoms with Crippen molar-refractivity contribution < 1.29 is 15.0 Å². The van der Waals surface area contributed by atoms with Crippen molar-refractivity contribution in [3.05, 3.63) is 29.8 Å². The molecule has 1 aromatic carbocycles. The molecule has 0 unspecified atom stereocenters. The summed E-state index contributed by atoms with van der Waals surface area (Å²) in [7, 11) is 0. The van der Waals surface area contributed by atoms with Gasteiger partial charge in [0.1, 0.15) is 0 Å². The molecule has 0 saturated carbocycles. The number of hydrogen-bond donors (Lipinski definition) is 4. The molecule has 0 aliphatic carbocycles. The van der Waals surface area contributed by atoms with Gasteiger partial charge in [0.15, 0.2) is 0 Å². The van der Waals surface area contributed by atoms with E-state index < -0.39 is 12.1 Å². The summed E-state index contributed by atoms with van der Waals surface area (Å²) >= 11 is 0. The summed E-state index contributed by atoms with van der Waals surface area (Å²) in [6, 6.07) is 7.08. The van der Waals surface area contributed by atoms with E-state index in [9.17, 15) is 4.79 Å². The highest BCUT2D eigenvalue weighted by atomic mass is 16.3. The van der Waals surface area contributed by atoms with Crippen molar-refractivity contribution in [2.24, 2.45) is 0 Å². The molecule has 0 spiro atoms. The zero-order chi connectivity index (χ0) is 12.7. The molecule has 6 nitrogen and oxygen atoms in total. The second-order valence-electron chi connectivity index (χ2n) is 3.35. The first-order valence-corrected chi connectivity index (χ1v) is 4.99. The minimum Gasteiger partial charge on any atom is -0.394 e. The van der Waals surface area contributed by atoms with Crippen LogP contribution in [0.15, 0.2) is 24.3 Å². The van der Waals surface area contributed by atoms with Gasteiger partial charge in [-0.25, -0.2) is 4.79 Å². The number of rotatable bonds is 4. The third-order valence-electron chi connectivity index (χ3n) is 2.05. The van der Waals surface area contributed by atoms with Crippen LogP contribution in [-0.4, -0.2) is 35.5 Å². The van der Waals surface area contributed by atoms with E-state index in [-0.39, 0.29) is 13.2 Å². The van der Waals surface area contributed by atoms with Crippen LogP contribution in [0.1, 0.15) is 5.56 Å². The molecular weight excluding hydrogens is 222 g/mol. The van der Waals surface area contributed by atoms with Crippen molar-refractivity contribution in [1.82, 2.24) is 5.32 Å². The van der Waals surface area contributed by atoms with Gasteiger partial charge in [0.05, 0.1) is 30.9 Å². The maximum Gasteiger partial charge on any atom is 0.319 e. The van der Waals surface area contributed by atoms with E-state index in [0.29, 0.717) is 11.3 Å². The molecule has 4 N–H and O–H groups in total. The van der Waals surface area contributed by atoms with Gasteiger partial charge >= 0.3 is 6.03 Å². The fourth-order valence-electron chi connectivity index (χ4n) is 1.13. The van der Waals surface area contributed by atoms with Crippen LogP contribution in [0.2, 0.25) is 0 Å². The van der Waals surface area contributed by atoms with E-state index in [2.05, 4.69) is 10.6 Å². The van der Waals surface area contributed by atoms with Crippen LogP contribution in [0.25, 0.3) is 0 Å². The zero-order valence-electron chi connectivity index (χ0n) is 9.05. The minimum atomic E-state index is -0.687. The van der Waals surface area contributed by atoms with Crippen molar-refractivity contribution in [2.45, 2.75) is 6.04 Å². The molecule has 0 atom stereocenters. The van der Waals surface area contributed by atoms with Crippen LogP contribution in [0, 0.1) is 11.3 Å². The number of urea groups is 1. The fraction of sp³-hybridized carbons (Fsp3) is 0.273. The molecule has 0 heterocycles. The number of aliphatic hydroxyl groups is 2. The second-order valence-corrected chi connectivity index (χ2v) is 3.35. The summed E-state index contributed by atoms with van der Waals surface area (Å²) in [6.07, 6.45) is 0. The number of aliphatic hydroxyl groups excluding tert-OH is 2. The number of hydrogen-bond acceptors (Lipinski definition) is 4. The summed E-state index contributed by atoms with van der Waals surface area (Å²) in [5.41, 5.74) is 1.02. The number of carbonyl (C=O) groups is 1. The first kappa shape index (κ1) is 13.0. The lowest BCUT2D eigenvalue weighted by atomic mass is 10.2. The largest absolute Gasteiger partial charge is 0.394 e. The third kappa shape index (κ3) is 4.10. The van der Waals surface area contributed by atoms with E-state index >= 15 is 0 Å². The molecule has 0 aliphatic rings. The summed E-state index contributed by atoms with van der Waals surface area (Å²) in [4.78, 5) is 11.4. The summed E-state index contributed by atoms with van der Waals surface area (Å²) in [5, 5.41) is 31.0. The normalized spacial score (nSPS) is 9.76. The van der Waals surface area contributed by atoms with Crippen LogP contribution in [-0.2, 0) is 0 Å². The molecule has 0 bridgehead atoms. The maximum absolute atomic E-state index is 11.4. The molecule has 17 heavy (non-hydrogen) atoms. The molecule has 6 heteroatoms. The Morgan fingerprint density at radius 1 is 1.29 bits per heavy atom. The number of nitriles is 1. The molecule has 0 aromatic heterocycles. The number of carbonyl (C=O) groups excluding carboxylic acids is 1. The van der Waals surface area contributed by atoms with Crippen LogP contribution in [0.4, 0.5) is 10.5 Å². The molecule has 0 aliphatic heterocycles. The highest BCUT2D eigenvalue weighted by Crippen LogP contribution is 2.08. The number of benzene rings is 1. The number of nitrogens with one attached hydrogen (secondary N) is 2. The number of nitrogens with zero attached hydrogens (tertiary/aromatic N) is 1. The monoisotopic (exact) mass is 235 g/mol. The van der Waals surface area contributed by atoms with Crippen molar-refractivity contribution >= 4 is 11.7 Å². The van der Waals surface area contributed by atoms with E-state index in [0.717, 1.165) is 0 Å². The molecule has 0 fully saturated rings. The Bertz CT molecular complexity index is 407. The van der Waals surface area contributed by atoms with Gasteiger partial charge in [-0.1, -0.05) is 0 Å². The highest BCUT2D eigenvalue weighted by Gasteiger charge is 2.09. The van der Waals surface area contributed by atoms with Gasteiger partial charge in [0, 0.05) is 5.69 Å². The standard InChI is InChI=1S/C11H13N3O3/c12-5-8-1-3-9(4-2-8)13-11(17)14-10(6-15)7-16/h1-4,10,15-16H,6-7H2,(H2,13,14,17). The van der Waals surface area contributed by atoms with Crippen LogP contribution < -0.4 is 10.6 Å². The van der Waals surface area contributed by atoms with E-state index in [1.807, 2.05) is 6.07 Å². The van der Waals surface area contributed by atoms with Crippen molar-refractivity contribution in [3.8, 4) is 6.07 Å². The summed E-state index contributed by atoms with van der Waals surface area (Å²) in [5.74, 6) is 0. The van der Waals surface area contributed by atoms with Gasteiger partial charge in [0.2, 0.25) is 0 Å². The Balaban J connectivity index is 2.53. The van der Waals surface area contributed by atoms with Gasteiger partial charge in [-0.05, 0) is 24.3 Å². The Hall–Kier alpha value is -2.10. The van der Waals surface area contributed by atoms with Crippen LogP contribution in [0.5, 0.6) is 0 Å². The predicted molar refractivity (Wildman–Crippen MR) is 61.3 cm³/mol. The SMILES string of the molecule is N#Cc1ccc(NC(=O)NC(CO)CO)cc1. The molecule has 0 radical (unpaired) electrons. The van der Waals surface area contributed by atoms with E-state index in [4.69, 9.17) is 15.5 Å². The zero-order valence-corrected chi connectivity index (χ0v) is 9.05. The average molecular weight is 235 g/mol. The smallest absolute Gasteiger partial charge is 0.319 e. The lowest BCUT2D eigenvalue weighted by Crippen LogP contribution is -2.42. The second kappa shape index (κ2) is 6.48. The third-order valence-corrected chi connectivity index (χ3v) is 2.05. The van der Waals surface area contributed by atoms with Crippen LogP contribution in [0.3, 0.4) is 0 Å². The summed E-state index contributed by atoms with van der Waals surface area (Å²) in [6.45, 7) is -0.672. The quantitative estimate of drug-likeness (QED) is 0.591.